The Morgan fingerprint density at radius 1 is 1.25 bits per heavy atom. The highest BCUT2D eigenvalue weighted by atomic mass is 35.5. The van der Waals surface area contributed by atoms with Gasteiger partial charge in [0.15, 0.2) is 0 Å². The molecule has 0 bridgehead atoms. The molecule has 8 heteroatoms. The van der Waals surface area contributed by atoms with Gasteiger partial charge < -0.3 is 19.7 Å². The van der Waals surface area contributed by atoms with E-state index in [1.807, 2.05) is 6.07 Å². The van der Waals surface area contributed by atoms with Gasteiger partial charge in [-0.05, 0) is 45.4 Å². The van der Waals surface area contributed by atoms with Crippen LogP contribution in [0.25, 0.3) is 0 Å². The fraction of sp³-hybridized carbons (Fsp3) is 0.500. The van der Waals surface area contributed by atoms with Crippen LogP contribution in [0.3, 0.4) is 0 Å². The van der Waals surface area contributed by atoms with Crippen molar-refractivity contribution in [2.75, 3.05) is 19.7 Å². The SMILES string of the molecule is CCOC(=O)C1=C(NCc2ccc(Cl)cc2Cl)CCN(C(=O)OC(C)(C)C)C1. The number of ether oxygens (including phenoxy) is 2. The lowest BCUT2D eigenvalue weighted by molar-refractivity contribution is -0.139. The topological polar surface area (TPSA) is 67.9 Å². The summed E-state index contributed by atoms with van der Waals surface area (Å²) in [6.07, 6.45) is 0.0348. The van der Waals surface area contributed by atoms with Gasteiger partial charge in [-0.15, -0.1) is 0 Å². The summed E-state index contributed by atoms with van der Waals surface area (Å²) in [5, 5.41) is 4.37. The molecule has 0 spiro atoms. The van der Waals surface area contributed by atoms with Crippen molar-refractivity contribution in [3.63, 3.8) is 0 Å². The normalized spacial score (nSPS) is 14.7. The molecule has 1 N–H and O–H groups in total. The van der Waals surface area contributed by atoms with E-state index in [0.717, 1.165) is 11.3 Å². The molecule has 0 aliphatic carbocycles. The maximum atomic E-state index is 12.4. The Balaban J connectivity index is 2.17. The number of rotatable bonds is 5. The van der Waals surface area contributed by atoms with Gasteiger partial charge in [-0.25, -0.2) is 9.59 Å². The van der Waals surface area contributed by atoms with Crippen LogP contribution in [-0.2, 0) is 20.8 Å². The number of hydrogen-bond donors (Lipinski definition) is 1. The van der Waals surface area contributed by atoms with Crippen LogP contribution in [0.4, 0.5) is 4.79 Å². The molecule has 154 valence electrons. The van der Waals surface area contributed by atoms with E-state index < -0.39 is 17.7 Å². The van der Waals surface area contributed by atoms with Gasteiger partial charge in [0.1, 0.15) is 5.60 Å². The summed E-state index contributed by atoms with van der Waals surface area (Å²) in [7, 11) is 0. The highest BCUT2D eigenvalue weighted by Crippen LogP contribution is 2.23. The molecule has 28 heavy (non-hydrogen) atoms. The predicted octanol–water partition coefficient (Wildman–Crippen LogP) is 4.54. The van der Waals surface area contributed by atoms with E-state index in [0.29, 0.717) is 35.1 Å². The van der Waals surface area contributed by atoms with Gasteiger partial charge in [0.25, 0.3) is 0 Å². The summed E-state index contributed by atoms with van der Waals surface area (Å²) in [5.41, 5.74) is 1.42. The third-order valence-corrected chi connectivity index (χ3v) is 4.61. The summed E-state index contributed by atoms with van der Waals surface area (Å²) in [4.78, 5) is 26.3. The molecule has 0 aromatic heterocycles. The summed E-state index contributed by atoms with van der Waals surface area (Å²) in [6, 6.07) is 5.26. The minimum Gasteiger partial charge on any atom is -0.463 e. The zero-order valence-corrected chi connectivity index (χ0v) is 18.1. The zero-order valence-electron chi connectivity index (χ0n) is 16.6. The Bertz CT molecular complexity index is 772. The second-order valence-electron chi connectivity index (χ2n) is 7.42. The predicted molar refractivity (Wildman–Crippen MR) is 109 cm³/mol. The van der Waals surface area contributed by atoms with Crippen LogP contribution in [0, 0.1) is 0 Å². The molecule has 2 rings (SSSR count). The standard InChI is InChI=1S/C20H26Cl2N2O4/c1-5-27-18(25)15-12-24(19(26)28-20(2,3)4)9-8-17(15)23-11-13-6-7-14(21)10-16(13)22/h6-7,10,23H,5,8-9,11-12H2,1-4H3. The fourth-order valence-corrected chi connectivity index (χ4v) is 3.19. The molecule has 0 saturated carbocycles. The van der Waals surface area contributed by atoms with Crippen molar-refractivity contribution < 1.29 is 19.1 Å². The van der Waals surface area contributed by atoms with Gasteiger partial charge in [0.2, 0.25) is 0 Å². The van der Waals surface area contributed by atoms with E-state index >= 15 is 0 Å². The number of amides is 1. The molecule has 1 amide bonds. The largest absolute Gasteiger partial charge is 0.463 e. The van der Waals surface area contributed by atoms with Crippen LogP contribution in [-0.4, -0.2) is 42.3 Å². The van der Waals surface area contributed by atoms with Crippen molar-refractivity contribution in [3.05, 3.63) is 45.1 Å². The number of carbonyl (C=O) groups is 2. The molecule has 1 aromatic carbocycles. The Kier molecular flexibility index (Phi) is 7.61. The fourth-order valence-electron chi connectivity index (χ4n) is 2.71. The van der Waals surface area contributed by atoms with Crippen LogP contribution in [0.2, 0.25) is 10.0 Å². The maximum Gasteiger partial charge on any atom is 0.410 e. The summed E-state index contributed by atoms with van der Waals surface area (Å²) >= 11 is 12.2. The van der Waals surface area contributed by atoms with Crippen LogP contribution in [0.1, 0.15) is 39.7 Å². The van der Waals surface area contributed by atoms with E-state index in [2.05, 4.69) is 5.32 Å². The Labute approximate surface area is 175 Å². The molecule has 0 fully saturated rings. The van der Waals surface area contributed by atoms with Crippen molar-refractivity contribution in [1.82, 2.24) is 10.2 Å². The van der Waals surface area contributed by atoms with E-state index in [4.69, 9.17) is 32.7 Å². The average molecular weight is 429 g/mol. The van der Waals surface area contributed by atoms with E-state index in [1.165, 1.54) is 4.90 Å². The van der Waals surface area contributed by atoms with E-state index in [9.17, 15) is 9.59 Å². The van der Waals surface area contributed by atoms with Crippen LogP contribution in [0.15, 0.2) is 29.5 Å². The number of carbonyl (C=O) groups excluding carboxylic acids is 2. The maximum absolute atomic E-state index is 12.4. The van der Waals surface area contributed by atoms with Crippen LogP contribution in [0.5, 0.6) is 0 Å². The molecule has 0 unspecified atom stereocenters. The number of nitrogens with zero attached hydrogens (tertiary/aromatic N) is 1. The van der Waals surface area contributed by atoms with Crippen molar-refractivity contribution in [2.45, 2.75) is 46.3 Å². The summed E-state index contributed by atoms with van der Waals surface area (Å²) < 4.78 is 10.6. The minimum absolute atomic E-state index is 0.129. The molecule has 1 aromatic rings. The second-order valence-corrected chi connectivity index (χ2v) is 8.26. The molecule has 0 saturated heterocycles. The van der Waals surface area contributed by atoms with Crippen LogP contribution >= 0.6 is 23.2 Å². The number of benzene rings is 1. The molecule has 0 atom stereocenters. The molecule has 1 aliphatic rings. The lowest BCUT2D eigenvalue weighted by Crippen LogP contribution is -2.43. The van der Waals surface area contributed by atoms with Crippen LogP contribution < -0.4 is 5.32 Å². The van der Waals surface area contributed by atoms with Crippen molar-refractivity contribution in [3.8, 4) is 0 Å². The van der Waals surface area contributed by atoms with Gasteiger partial charge >= 0.3 is 12.1 Å². The van der Waals surface area contributed by atoms with Gasteiger partial charge in [0, 0.05) is 35.3 Å². The first-order chi connectivity index (χ1) is 13.1. The van der Waals surface area contributed by atoms with Gasteiger partial charge in [0.05, 0.1) is 18.7 Å². The minimum atomic E-state index is -0.602. The molecular weight excluding hydrogens is 403 g/mol. The molecule has 6 nitrogen and oxygen atoms in total. The number of hydrogen-bond acceptors (Lipinski definition) is 5. The Morgan fingerprint density at radius 3 is 2.57 bits per heavy atom. The number of nitrogens with one attached hydrogen (secondary N) is 1. The van der Waals surface area contributed by atoms with E-state index in [1.54, 1.807) is 39.8 Å². The molecule has 1 heterocycles. The van der Waals surface area contributed by atoms with Gasteiger partial charge in [-0.3, -0.25) is 0 Å². The van der Waals surface area contributed by atoms with Crippen molar-refractivity contribution in [1.29, 1.82) is 0 Å². The van der Waals surface area contributed by atoms with E-state index in [-0.39, 0.29) is 13.2 Å². The first-order valence-corrected chi connectivity index (χ1v) is 9.91. The Hall–Kier alpha value is -1.92. The number of esters is 1. The highest BCUT2D eigenvalue weighted by molar-refractivity contribution is 6.35. The quantitative estimate of drug-likeness (QED) is 0.696. The molecular formula is C20H26Cl2N2O4. The zero-order chi connectivity index (χ0) is 20.9. The summed E-state index contributed by atoms with van der Waals surface area (Å²) in [6.45, 7) is 8.41. The lowest BCUT2D eigenvalue weighted by Gasteiger charge is -2.32. The molecule has 1 aliphatic heterocycles. The van der Waals surface area contributed by atoms with Gasteiger partial charge in [-0.1, -0.05) is 29.3 Å². The molecule has 0 radical (unpaired) electrons. The third kappa shape index (κ3) is 6.31. The highest BCUT2D eigenvalue weighted by Gasteiger charge is 2.30. The third-order valence-electron chi connectivity index (χ3n) is 4.03. The van der Waals surface area contributed by atoms with Crippen molar-refractivity contribution >= 4 is 35.3 Å². The average Bonchev–Trinajstić information content (AvgIpc) is 2.59. The van der Waals surface area contributed by atoms with Gasteiger partial charge in [-0.2, -0.15) is 0 Å². The lowest BCUT2D eigenvalue weighted by atomic mass is 10.1. The Morgan fingerprint density at radius 2 is 1.96 bits per heavy atom. The first-order valence-electron chi connectivity index (χ1n) is 9.15. The van der Waals surface area contributed by atoms with Crippen molar-refractivity contribution in [2.24, 2.45) is 0 Å². The number of halogens is 2. The summed E-state index contributed by atoms with van der Waals surface area (Å²) in [5.74, 6) is -0.444. The first kappa shape index (κ1) is 22.4. The second kappa shape index (κ2) is 9.52. The monoisotopic (exact) mass is 428 g/mol. The smallest absolute Gasteiger partial charge is 0.410 e.